The predicted octanol–water partition coefficient (Wildman–Crippen LogP) is -1.06. The number of rotatable bonds is 0. The Bertz CT molecular complexity index is 161. The maximum absolute atomic E-state index is 10.4. The fourth-order valence-electron chi connectivity index (χ4n) is 0.755. The second kappa shape index (κ2) is 0.710. The van der Waals surface area contributed by atoms with Crippen molar-refractivity contribution in [3.05, 3.63) is 0 Å². The summed E-state index contributed by atoms with van der Waals surface area (Å²) >= 11 is 0. The predicted molar refractivity (Wildman–Crippen MR) is 24.2 cm³/mol. The molecule has 2 aliphatic heterocycles. The molecule has 0 aliphatic carbocycles. The Morgan fingerprint density at radius 1 is 1.86 bits per heavy atom. The summed E-state index contributed by atoms with van der Waals surface area (Å²) in [4.78, 5) is 14.2. The lowest BCUT2D eigenvalue weighted by Gasteiger charge is -1.85. The molecule has 36 valence electrons. The normalized spacial score (nSPS) is 34.0. The van der Waals surface area contributed by atoms with Crippen LogP contribution in [0.25, 0.3) is 0 Å². The Balaban J connectivity index is 2.30. The maximum Gasteiger partial charge on any atom is 0.251 e. The fraction of sp³-hybridized carbons (Fsp3) is 0.500. The highest BCUT2D eigenvalue weighted by molar-refractivity contribution is 6.23. The standard InChI is InChI=1S/C4H4N2O/c7-4-3-2(6-3)1-5-4/h3H,1H2,(H,5,7). The van der Waals surface area contributed by atoms with E-state index in [0.29, 0.717) is 6.54 Å². The first kappa shape index (κ1) is 3.18. The van der Waals surface area contributed by atoms with Crippen molar-refractivity contribution in [1.29, 1.82) is 0 Å². The van der Waals surface area contributed by atoms with Gasteiger partial charge in [-0.1, -0.05) is 0 Å². The zero-order valence-electron chi connectivity index (χ0n) is 3.64. The number of nitrogens with one attached hydrogen (secondary N) is 1. The molecule has 2 rings (SSSR count). The van der Waals surface area contributed by atoms with Crippen LogP contribution in [0.3, 0.4) is 0 Å². The van der Waals surface area contributed by atoms with Gasteiger partial charge in [0.1, 0.15) is 0 Å². The van der Waals surface area contributed by atoms with Crippen molar-refractivity contribution >= 4 is 11.6 Å². The molecule has 7 heavy (non-hydrogen) atoms. The van der Waals surface area contributed by atoms with E-state index >= 15 is 0 Å². The summed E-state index contributed by atoms with van der Waals surface area (Å²) in [6.07, 6.45) is 0. The van der Waals surface area contributed by atoms with Gasteiger partial charge < -0.3 is 5.32 Å². The SMILES string of the molecule is O=C1NCC2=NC12. The molecule has 3 heteroatoms. The Morgan fingerprint density at radius 2 is 2.71 bits per heavy atom. The topological polar surface area (TPSA) is 41.5 Å². The number of fused-ring (bicyclic) bond motifs is 1. The molecule has 1 fully saturated rings. The molecule has 1 saturated heterocycles. The third-order valence-electron chi connectivity index (χ3n) is 1.23. The van der Waals surface area contributed by atoms with Crippen LogP contribution in [-0.2, 0) is 4.79 Å². The summed E-state index contributed by atoms with van der Waals surface area (Å²) in [5, 5.41) is 2.65. The van der Waals surface area contributed by atoms with E-state index in [1.54, 1.807) is 0 Å². The lowest BCUT2D eigenvalue weighted by Crippen LogP contribution is -2.19. The van der Waals surface area contributed by atoms with Crippen LogP contribution in [-0.4, -0.2) is 24.2 Å². The Hall–Kier alpha value is -0.860. The summed E-state index contributed by atoms with van der Waals surface area (Å²) in [7, 11) is 0. The first-order valence-corrected chi connectivity index (χ1v) is 2.22. The summed E-state index contributed by atoms with van der Waals surface area (Å²) in [6.45, 7) is 0.698. The zero-order valence-corrected chi connectivity index (χ0v) is 3.64. The molecular formula is C4H4N2O. The summed E-state index contributed by atoms with van der Waals surface area (Å²) in [5.74, 6) is 0.0787. The molecule has 1 amide bonds. The quantitative estimate of drug-likeness (QED) is 0.410. The first-order chi connectivity index (χ1) is 3.38. The Kier molecular flexibility index (Phi) is 0.323. The minimum Gasteiger partial charge on any atom is -0.348 e. The number of aliphatic imine (C=N–C) groups is 1. The van der Waals surface area contributed by atoms with Crippen LogP contribution in [0.4, 0.5) is 0 Å². The number of carbonyl (C=O) groups is 1. The van der Waals surface area contributed by atoms with Gasteiger partial charge in [-0.25, -0.2) is 0 Å². The number of amides is 1. The molecule has 0 aromatic heterocycles. The molecule has 0 radical (unpaired) electrons. The first-order valence-electron chi connectivity index (χ1n) is 2.22. The number of carbonyl (C=O) groups excluding carboxylic acids is 1. The van der Waals surface area contributed by atoms with Crippen molar-refractivity contribution in [2.75, 3.05) is 6.54 Å². The van der Waals surface area contributed by atoms with Crippen LogP contribution in [0, 0.1) is 0 Å². The third kappa shape index (κ3) is 0.253. The maximum atomic E-state index is 10.4. The molecule has 0 spiro atoms. The molecule has 0 saturated carbocycles. The van der Waals surface area contributed by atoms with Gasteiger partial charge in [0.25, 0.3) is 5.91 Å². The number of hydrogen-bond donors (Lipinski definition) is 1. The highest BCUT2D eigenvalue weighted by Gasteiger charge is 2.40. The summed E-state index contributed by atoms with van der Waals surface area (Å²) in [6, 6.07) is -0.0278. The molecule has 1 unspecified atom stereocenters. The van der Waals surface area contributed by atoms with Crippen molar-refractivity contribution in [1.82, 2.24) is 5.32 Å². The highest BCUT2D eigenvalue weighted by atomic mass is 16.2. The van der Waals surface area contributed by atoms with Crippen molar-refractivity contribution < 1.29 is 4.79 Å². The van der Waals surface area contributed by atoms with Gasteiger partial charge in [-0.15, -0.1) is 0 Å². The lowest BCUT2D eigenvalue weighted by molar-refractivity contribution is -0.119. The van der Waals surface area contributed by atoms with Gasteiger partial charge >= 0.3 is 0 Å². The van der Waals surface area contributed by atoms with Gasteiger partial charge in [0.15, 0.2) is 6.04 Å². The monoisotopic (exact) mass is 96.0 g/mol. The van der Waals surface area contributed by atoms with E-state index in [2.05, 4.69) is 10.3 Å². The van der Waals surface area contributed by atoms with Gasteiger partial charge in [-0.05, 0) is 0 Å². The van der Waals surface area contributed by atoms with Crippen molar-refractivity contribution in [3.63, 3.8) is 0 Å². The minimum atomic E-state index is -0.0278. The molecule has 0 bridgehead atoms. The molecule has 1 N–H and O–H groups in total. The van der Waals surface area contributed by atoms with Crippen LogP contribution < -0.4 is 5.32 Å². The van der Waals surface area contributed by atoms with Crippen molar-refractivity contribution in [2.45, 2.75) is 6.04 Å². The zero-order chi connectivity index (χ0) is 4.85. The van der Waals surface area contributed by atoms with E-state index in [4.69, 9.17) is 0 Å². The Labute approximate surface area is 40.4 Å². The van der Waals surface area contributed by atoms with Crippen LogP contribution in [0.15, 0.2) is 4.99 Å². The summed E-state index contributed by atoms with van der Waals surface area (Å²) in [5.41, 5.74) is 1.03. The largest absolute Gasteiger partial charge is 0.348 e. The second-order valence-electron chi connectivity index (χ2n) is 1.74. The van der Waals surface area contributed by atoms with Crippen LogP contribution in [0.5, 0.6) is 0 Å². The van der Waals surface area contributed by atoms with Crippen LogP contribution >= 0.6 is 0 Å². The van der Waals surface area contributed by atoms with E-state index < -0.39 is 0 Å². The number of nitrogens with zero attached hydrogens (tertiary/aromatic N) is 1. The molecular weight excluding hydrogens is 92.1 g/mol. The fourth-order valence-corrected chi connectivity index (χ4v) is 0.755. The molecule has 2 heterocycles. The van der Waals surface area contributed by atoms with E-state index in [1.807, 2.05) is 0 Å². The van der Waals surface area contributed by atoms with E-state index in [-0.39, 0.29) is 11.9 Å². The minimum absolute atomic E-state index is 0.0278. The van der Waals surface area contributed by atoms with Gasteiger partial charge in [-0.3, -0.25) is 9.79 Å². The number of hydrogen-bond acceptors (Lipinski definition) is 2. The van der Waals surface area contributed by atoms with Gasteiger partial charge in [0.05, 0.1) is 12.3 Å². The van der Waals surface area contributed by atoms with E-state index in [1.165, 1.54) is 0 Å². The Morgan fingerprint density at radius 3 is 2.86 bits per heavy atom. The second-order valence-corrected chi connectivity index (χ2v) is 1.74. The highest BCUT2D eigenvalue weighted by Crippen LogP contribution is 2.15. The van der Waals surface area contributed by atoms with Crippen LogP contribution in [0.1, 0.15) is 0 Å². The molecule has 2 aliphatic rings. The lowest BCUT2D eigenvalue weighted by atomic mass is 10.4. The van der Waals surface area contributed by atoms with Gasteiger partial charge in [-0.2, -0.15) is 0 Å². The molecule has 3 nitrogen and oxygen atoms in total. The van der Waals surface area contributed by atoms with Gasteiger partial charge in [0.2, 0.25) is 0 Å². The van der Waals surface area contributed by atoms with Crippen LogP contribution in [0.2, 0.25) is 0 Å². The van der Waals surface area contributed by atoms with Crippen molar-refractivity contribution in [3.8, 4) is 0 Å². The molecule has 0 aromatic carbocycles. The van der Waals surface area contributed by atoms with Crippen molar-refractivity contribution in [2.24, 2.45) is 4.99 Å². The van der Waals surface area contributed by atoms with E-state index in [0.717, 1.165) is 5.71 Å². The smallest absolute Gasteiger partial charge is 0.251 e. The summed E-state index contributed by atoms with van der Waals surface area (Å²) < 4.78 is 0. The van der Waals surface area contributed by atoms with E-state index in [9.17, 15) is 4.79 Å². The molecule has 0 aromatic rings. The molecule has 1 atom stereocenters. The third-order valence-corrected chi connectivity index (χ3v) is 1.23. The average molecular weight is 96.1 g/mol. The average Bonchev–Trinajstić information content (AvgIpc) is 2.33. The van der Waals surface area contributed by atoms with Gasteiger partial charge in [0, 0.05) is 0 Å².